The number of likely N-dealkylation sites (N-methyl/N-ethyl adjacent to an activating group) is 1. The lowest BCUT2D eigenvalue weighted by Crippen LogP contribution is -2.50. The van der Waals surface area contributed by atoms with Crippen LogP contribution in [0.3, 0.4) is 0 Å². The Morgan fingerprint density at radius 1 is 1.38 bits per heavy atom. The molecule has 13 heavy (non-hydrogen) atoms. The van der Waals surface area contributed by atoms with E-state index in [0.717, 1.165) is 19.5 Å². The minimum atomic E-state index is -3.46. The van der Waals surface area contributed by atoms with Crippen LogP contribution in [0.1, 0.15) is 13.3 Å². The van der Waals surface area contributed by atoms with Gasteiger partial charge in [0.15, 0.2) is 0 Å². The fraction of sp³-hybridized carbons (Fsp3) is 1.00. The van der Waals surface area contributed by atoms with E-state index in [1.54, 1.807) is 0 Å². The number of rotatable bonds is 2. The fourth-order valence-corrected chi connectivity index (χ4v) is 3.36. The quantitative estimate of drug-likeness (QED) is 0.626. The minimum Gasteiger partial charge on any atom is -0.298 e. The van der Waals surface area contributed by atoms with Crippen LogP contribution in [0.2, 0.25) is 0 Å². The standard InChI is InChI=1S/C7H15N3O2S/c1-2-9-4-7-3-6(9)5-10(7)13(8,11)12/h6-7H,2-5H2,1H3,(H2,8,11,12)/t6-,7-/m0/s1. The van der Waals surface area contributed by atoms with Gasteiger partial charge in [-0.25, -0.2) is 5.14 Å². The van der Waals surface area contributed by atoms with Gasteiger partial charge in [0.1, 0.15) is 0 Å². The Morgan fingerprint density at radius 2 is 2.08 bits per heavy atom. The Labute approximate surface area is 78.7 Å². The highest BCUT2D eigenvalue weighted by Crippen LogP contribution is 2.31. The maximum absolute atomic E-state index is 11.1. The van der Waals surface area contributed by atoms with Gasteiger partial charge in [-0.2, -0.15) is 12.7 Å². The molecule has 2 heterocycles. The second kappa shape index (κ2) is 2.91. The first-order valence-corrected chi connectivity index (χ1v) is 6.06. The summed E-state index contributed by atoms with van der Waals surface area (Å²) in [6.45, 7) is 4.52. The van der Waals surface area contributed by atoms with Gasteiger partial charge in [-0.3, -0.25) is 4.90 Å². The van der Waals surface area contributed by atoms with E-state index < -0.39 is 10.2 Å². The van der Waals surface area contributed by atoms with Gasteiger partial charge in [-0.05, 0) is 13.0 Å². The minimum absolute atomic E-state index is 0.125. The van der Waals surface area contributed by atoms with Crippen LogP contribution in [0.4, 0.5) is 0 Å². The van der Waals surface area contributed by atoms with Crippen molar-refractivity contribution in [1.82, 2.24) is 9.21 Å². The molecule has 0 aromatic carbocycles. The van der Waals surface area contributed by atoms with Crippen LogP contribution in [0.5, 0.6) is 0 Å². The molecule has 2 N–H and O–H groups in total. The zero-order valence-electron chi connectivity index (χ0n) is 7.68. The van der Waals surface area contributed by atoms with Crippen molar-refractivity contribution in [1.29, 1.82) is 0 Å². The zero-order chi connectivity index (χ0) is 9.64. The van der Waals surface area contributed by atoms with Gasteiger partial charge < -0.3 is 0 Å². The Balaban J connectivity index is 2.12. The van der Waals surface area contributed by atoms with Crippen LogP contribution < -0.4 is 5.14 Å². The zero-order valence-corrected chi connectivity index (χ0v) is 8.50. The lowest BCUT2D eigenvalue weighted by molar-refractivity contribution is 0.190. The van der Waals surface area contributed by atoms with Gasteiger partial charge in [0.2, 0.25) is 0 Å². The van der Waals surface area contributed by atoms with E-state index in [4.69, 9.17) is 5.14 Å². The van der Waals surface area contributed by atoms with E-state index in [1.807, 2.05) is 0 Å². The highest BCUT2D eigenvalue weighted by molar-refractivity contribution is 7.86. The maximum Gasteiger partial charge on any atom is 0.277 e. The molecular formula is C7H15N3O2S. The summed E-state index contributed by atoms with van der Waals surface area (Å²) in [5, 5.41) is 5.09. The molecular weight excluding hydrogens is 190 g/mol. The van der Waals surface area contributed by atoms with Crippen molar-refractivity contribution in [2.24, 2.45) is 5.14 Å². The lowest BCUT2D eigenvalue weighted by Gasteiger charge is -2.31. The van der Waals surface area contributed by atoms with E-state index in [2.05, 4.69) is 11.8 Å². The van der Waals surface area contributed by atoms with Crippen molar-refractivity contribution >= 4 is 10.2 Å². The summed E-state index contributed by atoms with van der Waals surface area (Å²) in [7, 11) is -3.46. The van der Waals surface area contributed by atoms with Crippen molar-refractivity contribution in [2.45, 2.75) is 25.4 Å². The Morgan fingerprint density at radius 3 is 2.46 bits per heavy atom. The molecule has 0 spiro atoms. The molecule has 2 aliphatic rings. The number of nitrogens with two attached hydrogens (primary N) is 1. The molecule has 5 nitrogen and oxygen atoms in total. The summed E-state index contributed by atoms with van der Waals surface area (Å²) in [6, 6.07) is 0.522. The average Bonchev–Trinajstić information content (AvgIpc) is 2.59. The molecule has 2 atom stereocenters. The van der Waals surface area contributed by atoms with Crippen molar-refractivity contribution in [2.75, 3.05) is 19.6 Å². The molecule has 2 saturated heterocycles. The molecule has 2 bridgehead atoms. The SMILES string of the molecule is CCN1C[C@@H]2C[C@H]1CN2S(N)(=O)=O. The number of fused-ring (bicyclic) bond motifs is 2. The van der Waals surface area contributed by atoms with E-state index in [1.165, 1.54) is 4.31 Å². The van der Waals surface area contributed by atoms with Gasteiger partial charge in [-0.1, -0.05) is 6.92 Å². The monoisotopic (exact) mass is 205 g/mol. The Bertz CT molecular complexity index is 303. The third kappa shape index (κ3) is 1.48. The summed E-state index contributed by atoms with van der Waals surface area (Å²) >= 11 is 0. The summed E-state index contributed by atoms with van der Waals surface area (Å²) in [5.74, 6) is 0. The molecule has 0 radical (unpaired) electrons. The van der Waals surface area contributed by atoms with Crippen LogP contribution in [0, 0.1) is 0 Å². The molecule has 0 saturated carbocycles. The first-order chi connectivity index (χ1) is 6.02. The number of likely N-dealkylation sites (tertiary alicyclic amines) is 1. The van der Waals surface area contributed by atoms with Crippen molar-refractivity contribution < 1.29 is 8.42 Å². The van der Waals surface area contributed by atoms with Crippen LogP contribution in [-0.4, -0.2) is 49.3 Å². The summed E-state index contributed by atoms with van der Waals surface area (Å²) in [4.78, 5) is 2.31. The van der Waals surface area contributed by atoms with E-state index in [9.17, 15) is 8.42 Å². The van der Waals surface area contributed by atoms with Crippen LogP contribution in [0.25, 0.3) is 0 Å². The van der Waals surface area contributed by atoms with E-state index >= 15 is 0 Å². The molecule has 2 fully saturated rings. The van der Waals surface area contributed by atoms with Gasteiger partial charge in [0.05, 0.1) is 0 Å². The van der Waals surface area contributed by atoms with Crippen LogP contribution >= 0.6 is 0 Å². The molecule has 2 rings (SSSR count). The van der Waals surface area contributed by atoms with E-state index in [-0.39, 0.29) is 6.04 Å². The Kier molecular flexibility index (Phi) is 2.10. The Hall–Kier alpha value is -0.170. The molecule has 0 aromatic heterocycles. The number of hydrogen-bond acceptors (Lipinski definition) is 3. The smallest absolute Gasteiger partial charge is 0.277 e. The first-order valence-electron chi connectivity index (χ1n) is 4.56. The number of piperazine rings is 1. The average molecular weight is 205 g/mol. The molecule has 2 aliphatic heterocycles. The highest BCUT2D eigenvalue weighted by atomic mass is 32.2. The molecule has 0 unspecified atom stereocenters. The summed E-state index contributed by atoms with van der Waals surface area (Å²) in [6.07, 6.45) is 0.949. The van der Waals surface area contributed by atoms with Crippen molar-refractivity contribution in [3.05, 3.63) is 0 Å². The van der Waals surface area contributed by atoms with Crippen LogP contribution in [0.15, 0.2) is 0 Å². The van der Waals surface area contributed by atoms with Crippen LogP contribution in [-0.2, 0) is 10.2 Å². The topological polar surface area (TPSA) is 66.6 Å². The molecule has 0 aliphatic carbocycles. The fourth-order valence-electron chi connectivity index (χ4n) is 2.41. The second-order valence-electron chi connectivity index (χ2n) is 3.75. The van der Waals surface area contributed by atoms with Crippen molar-refractivity contribution in [3.8, 4) is 0 Å². The van der Waals surface area contributed by atoms with Crippen molar-refractivity contribution in [3.63, 3.8) is 0 Å². The largest absolute Gasteiger partial charge is 0.298 e. The van der Waals surface area contributed by atoms with Gasteiger partial charge in [0, 0.05) is 25.2 Å². The molecule has 6 heteroatoms. The molecule has 0 amide bonds. The summed E-state index contributed by atoms with van der Waals surface area (Å²) in [5.41, 5.74) is 0. The van der Waals surface area contributed by atoms with Gasteiger partial charge in [-0.15, -0.1) is 0 Å². The number of nitrogens with zero attached hydrogens (tertiary/aromatic N) is 2. The normalized spacial score (nSPS) is 35.8. The molecule has 76 valence electrons. The lowest BCUT2D eigenvalue weighted by atomic mass is 10.2. The maximum atomic E-state index is 11.1. The predicted octanol–water partition coefficient (Wildman–Crippen LogP) is -1.03. The molecule has 0 aromatic rings. The van der Waals surface area contributed by atoms with Gasteiger partial charge in [0.25, 0.3) is 10.2 Å². The predicted molar refractivity (Wildman–Crippen MR) is 49.3 cm³/mol. The third-order valence-electron chi connectivity index (χ3n) is 3.04. The summed E-state index contributed by atoms with van der Waals surface area (Å²) < 4.78 is 23.6. The first kappa shape index (κ1) is 9.39. The third-order valence-corrected chi connectivity index (χ3v) is 4.14. The second-order valence-corrected chi connectivity index (χ2v) is 5.24. The van der Waals surface area contributed by atoms with Gasteiger partial charge >= 0.3 is 0 Å². The van der Waals surface area contributed by atoms with E-state index in [0.29, 0.717) is 12.6 Å². The number of hydrogen-bond donors (Lipinski definition) is 1. The highest BCUT2D eigenvalue weighted by Gasteiger charge is 2.46.